The Balaban J connectivity index is 1.06. The highest BCUT2D eigenvalue weighted by atomic mass is 19.4. The van der Waals surface area contributed by atoms with Crippen molar-refractivity contribution in [3.8, 4) is 11.3 Å². The number of anilines is 2. The molecule has 2 aliphatic rings. The number of carbonyl (C=O) groups excluding carboxylic acids is 2. The maximum absolute atomic E-state index is 12.6. The smallest absolute Gasteiger partial charge is 0.329 e. The summed E-state index contributed by atoms with van der Waals surface area (Å²) in [4.78, 5) is 34.9. The van der Waals surface area contributed by atoms with E-state index in [0.717, 1.165) is 24.2 Å². The Bertz CT molecular complexity index is 1660. The van der Waals surface area contributed by atoms with Crippen LogP contribution in [-0.2, 0) is 6.42 Å². The van der Waals surface area contributed by atoms with E-state index in [0.29, 0.717) is 42.1 Å². The van der Waals surface area contributed by atoms with Gasteiger partial charge in [-0.25, -0.2) is 19.2 Å². The summed E-state index contributed by atoms with van der Waals surface area (Å²) in [5, 5.41) is 16.3. The molecule has 6 rings (SSSR count). The molecule has 4 amide bonds. The molecule has 1 saturated heterocycles. The number of benzene rings is 1. The molecule has 2 aliphatic heterocycles. The van der Waals surface area contributed by atoms with Crippen LogP contribution in [0.25, 0.3) is 11.3 Å². The minimum atomic E-state index is -4.50. The molecule has 5 heterocycles. The van der Waals surface area contributed by atoms with E-state index in [1.165, 1.54) is 0 Å². The number of piperidine rings is 1. The zero-order valence-corrected chi connectivity index (χ0v) is 23.4. The lowest BCUT2D eigenvalue weighted by Gasteiger charge is -2.32. The predicted molar refractivity (Wildman–Crippen MR) is 156 cm³/mol. The van der Waals surface area contributed by atoms with Crippen molar-refractivity contribution in [2.45, 2.75) is 37.4 Å². The van der Waals surface area contributed by atoms with Gasteiger partial charge in [-0.1, -0.05) is 12.1 Å². The number of imidazole rings is 1. The molecule has 15 heteroatoms. The monoisotopic (exact) mass is 606 g/mol. The van der Waals surface area contributed by atoms with Gasteiger partial charge >= 0.3 is 18.2 Å². The molecule has 1 atom stereocenters. The average Bonchev–Trinajstić information content (AvgIpc) is 3.68. The second-order valence-corrected chi connectivity index (χ2v) is 10.6. The van der Waals surface area contributed by atoms with E-state index in [4.69, 9.17) is 0 Å². The highest BCUT2D eigenvalue weighted by molar-refractivity contribution is 5.90. The van der Waals surface area contributed by atoms with Crippen molar-refractivity contribution in [2.75, 3.05) is 30.3 Å². The molecular formula is C29H29F3N10O2. The van der Waals surface area contributed by atoms with Crippen molar-refractivity contribution in [3.63, 3.8) is 0 Å². The van der Waals surface area contributed by atoms with Crippen molar-refractivity contribution in [3.05, 3.63) is 78.8 Å². The van der Waals surface area contributed by atoms with Crippen LogP contribution in [0.4, 0.5) is 34.1 Å². The van der Waals surface area contributed by atoms with Gasteiger partial charge in [-0.05, 0) is 42.7 Å². The van der Waals surface area contributed by atoms with Gasteiger partial charge in [-0.2, -0.15) is 23.4 Å². The molecule has 12 nitrogen and oxygen atoms in total. The summed E-state index contributed by atoms with van der Waals surface area (Å²) in [7, 11) is 0. The molecule has 0 spiro atoms. The molecule has 0 bridgehead atoms. The minimum Gasteiger partial charge on any atom is -0.329 e. The van der Waals surface area contributed by atoms with E-state index in [1.54, 1.807) is 63.8 Å². The number of alkyl halides is 3. The molecule has 44 heavy (non-hydrogen) atoms. The van der Waals surface area contributed by atoms with Gasteiger partial charge in [-0.15, -0.1) is 0 Å². The van der Waals surface area contributed by atoms with Crippen LogP contribution in [0.15, 0.2) is 72.5 Å². The fourth-order valence-electron chi connectivity index (χ4n) is 5.28. The molecule has 3 N–H and O–H groups in total. The normalized spacial score (nSPS) is 16.8. The number of urea groups is 2. The summed E-state index contributed by atoms with van der Waals surface area (Å²) in [6.07, 6.45) is 8.34. The number of nitrogens with one attached hydrogen (secondary N) is 3. The summed E-state index contributed by atoms with van der Waals surface area (Å²) < 4.78 is 40.9. The average molecular weight is 607 g/mol. The van der Waals surface area contributed by atoms with Gasteiger partial charge in [0.2, 0.25) is 0 Å². The second-order valence-electron chi connectivity index (χ2n) is 10.6. The third-order valence-electron chi connectivity index (χ3n) is 7.53. The Morgan fingerprint density at radius 3 is 2.59 bits per heavy atom. The molecule has 3 aromatic heterocycles. The largest absolute Gasteiger partial charge is 0.405 e. The van der Waals surface area contributed by atoms with Gasteiger partial charge in [-0.3, -0.25) is 9.67 Å². The molecule has 228 valence electrons. The number of pyridine rings is 1. The first-order valence-corrected chi connectivity index (χ1v) is 14.0. The second kappa shape index (κ2) is 12.2. The van der Waals surface area contributed by atoms with Crippen molar-refractivity contribution < 1.29 is 22.8 Å². The Morgan fingerprint density at radius 2 is 1.82 bits per heavy atom. The van der Waals surface area contributed by atoms with E-state index in [2.05, 4.69) is 30.8 Å². The summed E-state index contributed by atoms with van der Waals surface area (Å²) in [6, 6.07) is 9.40. The predicted octanol–water partition coefficient (Wildman–Crippen LogP) is 4.87. The van der Waals surface area contributed by atoms with Crippen LogP contribution in [0.2, 0.25) is 0 Å². The van der Waals surface area contributed by atoms with E-state index in [-0.39, 0.29) is 18.0 Å². The third kappa shape index (κ3) is 6.71. The van der Waals surface area contributed by atoms with Gasteiger partial charge < -0.3 is 20.9 Å². The molecule has 0 saturated carbocycles. The lowest BCUT2D eigenvalue weighted by molar-refractivity contribution is -0.122. The Morgan fingerprint density at radius 1 is 1.00 bits per heavy atom. The topological polar surface area (TPSA) is 134 Å². The summed E-state index contributed by atoms with van der Waals surface area (Å²) in [5.74, 6) is 0.719. The highest BCUT2D eigenvalue weighted by Gasteiger charge is 2.28. The van der Waals surface area contributed by atoms with E-state index in [9.17, 15) is 22.8 Å². The number of amides is 4. The molecule has 4 aromatic rings. The highest BCUT2D eigenvalue weighted by Crippen LogP contribution is 2.30. The van der Waals surface area contributed by atoms with Crippen LogP contribution < -0.4 is 16.0 Å². The number of hydrogen-bond acceptors (Lipinski definition) is 6. The fraction of sp³-hybridized carbons (Fsp3) is 0.310. The molecule has 1 aromatic carbocycles. The van der Waals surface area contributed by atoms with Gasteiger partial charge in [0, 0.05) is 55.3 Å². The Kier molecular flexibility index (Phi) is 8.00. The number of hydrogen-bond donors (Lipinski definition) is 3. The first-order chi connectivity index (χ1) is 21.2. The SMILES string of the molecule is O=C(NCC(F)(F)F)Nc1cccc(-c2cnc3n2N=CC(c2cnn(C4CCN(C(=O)Nc5cccnc5)CC4)c2)C3)c1. The molecule has 0 aliphatic carbocycles. The molecule has 1 unspecified atom stereocenters. The summed E-state index contributed by atoms with van der Waals surface area (Å²) in [5.41, 5.74) is 3.39. The standard InChI is InChI=1S/C29H29F3N10O2/c30-29(31,32)18-35-27(43)38-22-4-1-3-19(11-22)25-16-34-26-12-20(13-37-42(25)26)21-14-36-41(17-21)24-6-9-40(10-7-24)28(44)39-23-5-2-8-33-15-23/h1-5,8,11,13-17,20,24H,6-7,9-10,12,18H2,(H,39,44)(H2,35,38,43). The van der Waals surface area contributed by atoms with Crippen molar-refractivity contribution in [1.29, 1.82) is 0 Å². The molecular weight excluding hydrogens is 577 g/mol. The van der Waals surface area contributed by atoms with Gasteiger partial charge in [0.25, 0.3) is 0 Å². The Hall–Kier alpha value is -5.21. The maximum Gasteiger partial charge on any atom is 0.405 e. The van der Waals surface area contributed by atoms with Crippen LogP contribution in [0.5, 0.6) is 0 Å². The van der Waals surface area contributed by atoms with Crippen molar-refractivity contribution >= 4 is 29.7 Å². The van der Waals surface area contributed by atoms with Crippen LogP contribution in [0, 0.1) is 0 Å². The zero-order valence-electron chi connectivity index (χ0n) is 23.4. The minimum absolute atomic E-state index is 0.0258. The maximum atomic E-state index is 12.6. The lowest BCUT2D eigenvalue weighted by Crippen LogP contribution is -2.41. The lowest BCUT2D eigenvalue weighted by atomic mass is 9.99. The molecule has 0 radical (unpaired) electrons. The van der Waals surface area contributed by atoms with E-state index >= 15 is 0 Å². The number of aromatic nitrogens is 5. The molecule has 1 fully saturated rings. The van der Waals surface area contributed by atoms with E-state index < -0.39 is 18.8 Å². The first-order valence-electron chi connectivity index (χ1n) is 14.0. The number of nitrogens with zero attached hydrogens (tertiary/aromatic N) is 7. The zero-order chi connectivity index (χ0) is 30.7. The van der Waals surface area contributed by atoms with Crippen LogP contribution >= 0.6 is 0 Å². The first kappa shape index (κ1) is 28.9. The number of fused-ring (bicyclic) bond motifs is 1. The van der Waals surface area contributed by atoms with E-state index in [1.807, 2.05) is 29.4 Å². The van der Waals surface area contributed by atoms with Gasteiger partial charge in [0.1, 0.15) is 12.4 Å². The summed E-state index contributed by atoms with van der Waals surface area (Å²) >= 11 is 0. The van der Waals surface area contributed by atoms with Crippen molar-refractivity contribution in [2.24, 2.45) is 5.10 Å². The summed E-state index contributed by atoms with van der Waals surface area (Å²) in [6.45, 7) is -0.188. The third-order valence-corrected chi connectivity index (χ3v) is 7.53. The number of likely N-dealkylation sites (tertiary alicyclic amines) is 1. The van der Waals surface area contributed by atoms with Crippen LogP contribution in [-0.4, -0.2) is 73.4 Å². The quantitative estimate of drug-likeness (QED) is 0.288. The Labute approximate surface area is 250 Å². The fourth-order valence-corrected chi connectivity index (χ4v) is 5.28. The van der Waals surface area contributed by atoms with Crippen LogP contribution in [0.3, 0.4) is 0 Å². The van der Waals surface area contributed by atoms with Crippen molar-refractivity contribution in [1.82, 2.24) is 34.6 Å². The number of carbonyl (C=O) groups is 2. The number of rotatable bonds is 6. The van der Waals surface area contributed by atoms with Gasteiger partial charge in [0.15, 0.2) is 0 Å². The number of halogens is 3. The van der Waals surface area contributed by atoms with Gasteiger partial charge in [0.05, 0.1) is 36.0 Å². The van der Waals surface area contributed by atoms with Crippen LogP contribution in [0.1, 0.15) is 36.2 Å².